The SMILES string of the molecule is CN(C)[C@@H](CNC[C@@H]1CNc2ccnn2C1)Cc1ccccc1. The van der Waals surface area contributed by atoms with Gasteiger partial charge >= 0.3 is 0 Å². The van der Waals surface area contributed by atoms with Crippen LogP contribution in [0.15, 0.2) is 42.6 Å². The van der Waals surface area contributed by atoms with Gasteiger partial charge in [0.1, 0.15) is 5.82 Å². The van der Waals surface area contributed by atoms with Crippen LogP contribution in [-0.4, -0.2) is 54.5 Å². The highest BCUT2D eigenvalue weighted by molar-refractivity contribution is 5.35. The molecule has 0 spiro atoms. The number of hydrogen-bond donors (Lipinski definition) is 2. The van der Waals surface area contributed by atoms with Crippen molar-refractivity contribution in [2.75, 3.05) is 39.0 Å². The van der Waals surface area contributed by atoms with E-state index >= 15 is 0 Å². The first-order chi connectivity index (χ1) is 11.2. The van der Waals surface area contributed by atoms with Crippen molar-refractivity contribution in [3.05, 3.63) is 48.2 Å². The fourth-order valence-corrected chi connectivity index (χ4v) is 3.10. The second-order valence-corrected chi connectivity index (χ2v) is 6.61. The average molecular weight is 313 g/mol. The molecule has 5 heteroatoms. The summed E-state index contributed by atoms with van der Waals surface area (Å²) in [5.74, 6) is 1.72. The summed E-state index contributed by atoms with van der Waals surface area (Å²) in [6.07, 6.45) is 2.94. The summed E-state index contributed by atoms with van der Waals surface area (Å²) in [4.78, 5) is 2.31. The van der Waals surface area contributed by atoms with Crippen LogP contribution in [0, 0.1) is 5.92 Å². The van der Waals surface area contributed by atoms with Crippen LogP contribution >= 0.6 is 0 Å². The number of nitrogens with one attached hydrogen (secondary N) is 2. The van der Waals surface area contributed by atoms with E-state index in [1.807, 2.05) is 12.3 Å². The van der Waals surface area contributed by atoms with Crippen molar-refractivity contribution in [1.29, 1.82) is 0 Å². The Kier molecular flexibility index (Phi) is 5.31. The predicted molar refractivity (Wildman–Crippen MR) is 94.7 cm³/mol. The molecule has 1 aliphatic rings. The lowest BCUT2D eigenvalue weighted by molar-refractivity contribution is 0.273. The Bertz CT molecular complexity index is 592. The zero-order chi connectivity index (χ0) is 16.1. The minimum Gasteiger partial charge on any atom is -0.370 e. The molecule has 1 aromatic heterocycles. The molecule has 0 saturated heterocycles. The molecule has 2 heterocycles. The number of hydrogen-bond acceptors (Lipinski definition) is 4. The van der Waals surface area contributed by atoms with Crippen LogP contribution in [0.3, 0.4) is 0 Å². The first kappa shape index (κ1) is 16.0. The molecule has 3 rings (SSSR count). The Labute approximate surface area is 138 Å². The molecule has 0 saturated carbocycles. The molecule has 23 heavy (non-hydrogen) atoms. The summed E-state index contributed by atoms with van der Waals surface area (Å²) in [5, 5.41) is 11.5. The molecule has 0 amide bonds. The first-order valence-corrected chi connectivity index (χ1v) is 8.39. The standard InChI is InChI=1S/C18H27N5/c1-22(2)17(10-15-6-4-3-5-7-15)13-19-11-16-12-20-18-8-9-21-23(18)14-16/h3-9,16-17,19-20H,10-14H2,1-2H3/t16-,17-/m1/s1. The molecule has 0 radical (unpaired) electrons. The van der Waals surface area contributed by atoms with Gasteiger partial charge in [-0.3, -0.25) is 0 Å². The lowest BCUT2D eigenvalue weighted by atomic mass is 10.0. The quantitative estimate of drug-likeness (QED) is 0.816. The second-order valence-electron chi connectivity index (χ2n) is 6.61. The maximum absolute atomic E-state index is 4.35. The van der Waals surface area contributed by atoms with Crippen LogP contribution in [0.4, 0.5) is 5.82 Å². The van der Waals surface area contributed by atoms with Gasteiger partial charge in [0.15, 0.2) is 0 Å². The Morgan fingerprint density at radius 2 is 2.13 bits per heavy atom. The molecule has 124 valence electrons. The van der Waals surface area contributed by atoms with Gasteiger partial charge in [0.2, 0.25) is 0 Å². The van der Waals surface area contributed by atoms with Gasteiger partial charge in [-0.15, -0.1) is 0 Å². The van der Waals surface area contributed by atoms with Crippen molar-refractivity contribution in [2.45, 2.75) is 19.0 Å². The van der Waals surface area contributed by atoms with Gasteiger partial charge in [0, 0.05) is 44.2 Å². The molecule has 0 fully saturated rings. The van der Waals surface area contributed by atoms with E-state index in [4.69, 9.17) is 0 Å². The van der Waals surface area contributed by atoms with Gasteiger partial charge in [0.05, 0.1) is 6.20 Å². The van der Waals surface area contributed by atoms with Crippen LogP contribution in [0.2, 0.25) is 0 Å². The molecular weight excluding hydrogens is 286 g/mol. The summed E-state index contributed by atoms with van der Waals surface area (Å²) in [6, 6.07) is 13.3. The average Bonchev–Trinajstić information content (AvgIpc) is 3.02. The first-order valence-electron chi connectivity index (χ1n) is 8.39. The van der Waals surface area contributed by atoms with Crippen LogP contribution in [-0.2, 0) is 13.0 Å². The van der Waals surface area contributed by atoms with Crippen molar-refractivity contribution in [3.63, 3.8) is 0 Å². The van der Waals surface area contributed by atoms with Crippen molar-refractivity contribution in [2.24, 2.45) is 5.92 Å². The van der Waals surface area contributed by atoms with E-state index in [9.17, 15) is 0 Å². The van der Waals surface area contributed by atoms with Gasteiger partial charge in [-0.25, -0.2) is 4.68 Å². The fraction of sp³-hybridized carbons (Fsp3) is 0.500. The summed E-state index contributed by atoms with van der Waals surface area (Å²) in [6.45, 7) is 4.04. The monoisotopic (exact) mass is 313 g/mol. The van der Waals surface area contributed by atoms with Crippen LogP contribution in [0.5, 0.6) is 0 Å². The van der Waals surface area contributed by atoms with Crippen LogP contribution in [0.1, 0.15) is 5.56 Å². The second kappa shape index (κ2) is 7.62. The van der Waals surface area contributed by atoms with E-state index < -0.39 is 0 Å². The van der Waals surface area contributed by atoms with Crippen molar-refractivity contribution in [3.8, 4) is 0 Å². The molecule has 0 bridgehead atoms. The third-order valence-electron chi connectivity index (χ3n) is 4.58. The summed E-state index contributed by atoms with van der Waals surface area (Å²) in [7, 11) is 4.32. The zero-order valence-electron chi connectivity index (χ0n) is 14.1. The normalized spacial score (nSPS) is 18.5. The van der Waals surface area contributed by atoms with Gasteiger partial charge in [-0.05, 0) is 26.1 Å². The van der Waals surface area contributed by atoms with E-state index in [2.05, 4.69) is 69.7 Å². The third kappa shape index (κ3) is 4.33. The van der Waals surface area contributed by atoms with Crippen molar-refractivity contribution in [1.82, 2.24) is 20.0 Å². The van der Waals surface area contributed by atoms with E-state index in [1.165, 1.54) is 5.56 Å². The highest BCUT2D eigenvalue weighted by Gasteiger charge is 2.19. The van der Waals surface area contributed by atoms with E-state index in [-0.39, 0.29) is 0 Å². The Hall–Kier alpha value is -1.85. The van der Waals surface area contributed by atoms with Crippen molar-refractivity contribution >= 4 is 5.82 Å². The third-order valence-corrected chi connectivity index (χ3v) is 4.58. The summed E-state index contributed by atoms with van der Waals surface area (Å²) >= 11 is 0. The number of aromatic nitrogens is 2. The largest absolute Gasteiger partial charge is 0.370 e. The molecule has 1 aromatic carbocycles. The number of benzene rings is 1. The minimum absolute atomic E-state index is 0.509. The summed E-state index contributed by atoms with van der Waals surface area (Å²) < 4.78 is 2.06. The van der Waals surface area contributed by atoms with E-state index in [0.29, 0.717) is 12.0 Å². The lowest BCUT2D eigenvalue weighted by Crippen LogP contribution is -2.43. The van der Waals surface area contributed by atoms with Crippen LogP contribution < -0.4 is 10.6 Å². The molecule has 5 nitrogen and oxygen atoms in total. The van der Waals surface area contributed by atoms with Gasteiger partial charge < -0.3 is 15.5 Å². The molecular formula is C18H27N5. The topological polar surface area (TPSA) is 45.1 Å². The van der Waals surface area contributed by atoms with Gasteiger partial charge in [-0.1, -0.05) is 30.3 Å². The predicted octanol–water partition coefficient (Wildman–Crippen LogP) is 1.69. The Balaban J connectivity index is 1.46. The number of nitrogens with zero attached hydrogens (tertiary/aromatic N) is 3. The summed E-state index contributed by atoms with van der Waals surface area (Å²) in [5.41, 5.74) is 1.40. The molecule has 0 unspecified atom stereocenters. The smallest absolute Gasteiger partial charge is 0.124 e. The van der Waals surface area contributed by atoms with Crippen LogP contribution in [0.25, 0.3) is 0 Å². The fourth-order valence-electron chi connectivity index (χ4n) is 3.10. The number of anilines is 1. The number of fused-ring (bicyclic) bond motifs is 1. The molecule has 2 atom stereocenters. The Morgan fingerprint density at radius 3 is 2.91 bits per heavy atom. The molecule has 0 aliphatic carbocycles. The Morgan fingerprint density at radius 1 is 1.30 bits per heavy atom. The maximum Gasteiger partial charge on any atom is 0.124 e. The maximum atomic E-state index is 4.35. The molecule has 1 aliphatic heterocycles. The highest BCUT2D eigenvalue weighted by atomic mass is 15.3. The molecule has 2 N–H and O–H groups in total. The van der Waals surface area contributed by atoms with E-state index in [0.717, 1.165) is 38.4 Å². The van der Waals surface area contributed by atoms with Gasteiger partial charge in [0.25, 0.3) is 0 Å². The zero-order valence-corrected chi connectivity index (χ0v) is 14.1. The lowest BCUT2D eigenvalue weighted by Gasteiger charge is -2.28. The van der Waals surface area contributed by atoms with Crippen molar-refractivity contribution < 1.29 is 0 Å². The number of likely N-dealkylation sites (N-methyl/N-ethyl adjacent to an activating group) is 1. The minimum atomic E-state index is 0.509. The highest BCUT2D eigenvalue weighted by Crippen LogP contribution is 2.15. The van der Waals surface area contributed by atoms with E-state index in [1.54, 1.807) is 0 Å². The molecule has 2 aromatic rings. The number of rotatable bonds is 7. The van der Waals surface area contributed by atoms with Gasteiger partial charge in [-0.2, -0.15) is 5.10 Å².